The fourth-order valence-corrected chi connectivity index (χ4v) is 2.33. The average Bonchev–Trinajstić information content (AvgIpc) is 2.38. The number of nitrogens with zero attached hydrogens (tertiary/aromatic N) is 1. The van der Waals surface area contributed by atoms with Crippen molar-refractivity contribution in [3.8, 4) is 5.75 Å². The van der Waals surface area contributed by atoms with Crippen LogP contribution in [-0.2, 0) is 5.41 Å². The Labute approximate surface area is 114 Å². The number of fused-ring (bicyclic) bond motifs is 1. The second-order valence-corrected chi connectivity index (χ2v) is 5.72. The number of rotatable bonds is 3. The number of benzene rings is 1. The van der Waals surface area contributed by atoms with E-state index in [0.29, 0.717) is 6.54 Å². The Morgan fingerprint density at radius 2 is 1.89 bits per heavy atom. The number of methoxy groups -OCH3 is 1. The van der Waals surface area contributed by atoms with Crippen LogP contribution in [0.15, 0.2) is 18.2 Å². The van der Waals surface area contributed by atoms with Crippen LogP contribution in [0.4, 0.5) is 0 Å². The molecule has 2 rings (SSSR count). The van der Waals surface area contributed by atoms with E-state index in [4.69, 9.17) is 15.5 Å². The molecule has 2 N–H and O–H groups in total. The van der Waals surface area contributed by atoms with Crippen molar-refractivity contribution in [2.24, 2.45) is 5.73 Å². The maximum absolute atomic E-state index is 5.86. The van der Waals surface area contributed by atoms with E-state index >= 15 is 0 Å². The second kappa shape index (κ2) is 4.82. The summed E-state index contributed by atoms with van der Waals surface area (Å²) in [7, 11) is 1.68. The monoisotopic (exact) mass is 258 g/mol. The molecule has 0 atom stereocenters. The first kappa shape index (κ1) is 13.8. The maximum Gasteiger partial charge on any atom is 0.145 e. The fourth-order valence-electron chi connectivity index (χ4n) is 2.33. The second-order valence-electron chi connectivity index (χ2n) is 5.72. The van der Waals surface area contributed by atoms with E-state index in [0.717, 1.165) is 17.0 Å². The number of aryl methyl sites for hydroxylation is 2. The van der Waals surface area contributed by atoms with Gasteiger partial charge in [-0.3, -0.25) is 0 Å². The first-order valence-corrected chi connectivity index (χ1v) is 6.56. The van der Waals surface area contributed by atoms with Gasteiger partial charge in [0.1, 0.15) is 11.3 Å². The van der Waals surface area contributed by atoms with E-state index in [1.54, 1.807) is 7.11 Å². The van der Waals surface area contributed by atoms with Crippen molar-refractivity contribution in [1.82, 2.24) is 4.98 Å². The Morgan fingerprint density at radius 1 is 1.21 bits per heavy atom. The lowest BCUT2D eigenvalue weighted by atomic mass is 9.87. The molecule has 3 nitrogen and oxygen atoms in total. The van der Waals surface area contributed by atoms with Gasteiger partial charge >= 0.3 is 0 Å². The third-order valence-electron chi connectivity index (χ3n) is 3.75. The number of aromatic nitrogens is 1. The lowest BCUT2D eigenvalue weighted by Crippen LogP contribution is -2.29. The Morgan fingerprint density at radius 3 is 2.47 bits per heavy atom. The maximum atomic E-state index is 5.86. The summed E-state index contributed by atoms with van der Waals surface area (Å²) in [5.41, 5.74) is 10.1. The number of hydrogen-bond donors (Lipinski definition) is 1. The highest BCUT2D eigenvalue weighted by Gasteiger charge is 2.22. The zero-order valence-corrected chi connectivity index (χ0v) is 12.4. The zero-order chi connectivity index (χ0) is 14.2. The van der Waals surface area contributed by atoms with Crippen molar-refractivity contribution in [3.63, 3.8) is 0 Å². The molecule has 0 aliphatic carbocycles. The SMILES string of the molecule is COc1ccc(C)c2c(C)cc(C(C)(C)CN)nc12. The van der Waals surface area contributed by atoms with E-state index in [2.05, 4.69) is 39.8 Å². The predicted molar refractivity (Wildman–Crippen MR) is 79.8 cm³/mol. The van der Waals surface area contributed by atoms with Crippen molar-refractivity contribution < 1.29 is 4.74 Å². The Balaban J connectivity index is 2.82. The summed E-state index contributed by atoms with van der Waals surface area (Å²) in [5.74, 6) is 0.818. The minimum atomic E-state index is -0.131. The van der Waals surface area contributed by atoms with E-state index in [1.165, 1.54) is 16.5 Å². The van der Waals surface area contributed by atoms with E-state index < -0.39 is 0 Å². The summed E-state index contributed by atoms with van der Waals surface area (Å²) in [5, 5.41) is 1.18. The smallest absolute Gasteiger partial charge is 0.145 e. The third kappa shape index (κ3) is 2.30. The first-order valence-electron chi connectivity index (χ1n) is 6.56. The van der Waals surface area contributed by atoms with Gasteiger partial charge in [-0.15, -0.1) is 0 Å². The highest BCUT2D eigenvalue weighted by Crippen LogP contribution is 2.32. The lowest BCUT2D eigenvalue weighted by Gasteiger charge is -2.23. The predicted octanol–water partition coefficient (Wildman–Crippen LogP) is 3.10. The molecule has 19 heavy (non-hydrogen) atoms. The summed E-state index contributed by atoms with van der Waals surface area (Å²) >= 11 is 0. The number of pyridine rings is 1. The number of nitrogens with two attached hydrogens (primary N) is 1. The first-order chi connectivity index (χ1) is 8.90. The largest absolute Gasteiger partial charge is 0.494 e. The van der Waals surface area contributed by atoms with Gasteiger partial charge in [0.25, 0.3) is 0 Å². The average molecular weight is 258 g/mol. The van der Waals surface area contributed by atoms with E-state index in [-0.39, 0.29) is 5.41 Å². The van der Waals surface area contributed by atoms with Gasteiger partial charge in [-0.2, -0.15) is 0 Å². The third-order valence-corrected chi connectivity index (χ3v) is 3.75. The van der Waals surface area contributed by atoms with Crippen LogP contribution >= 0.6 is 0 Å². The van der Waals surface area contributed by atoms with Crippen LogP contribution in [0.1, 0.15) is 30.7 Å². The Bertz CT molecular complexity index is 618. The van der Waals surface area contributed by atoms with Gasteiger partial charge in [-0.25, -0.2) is 4.98 Å². The van der Waals surface area contributed by atoms with Crippen LogP contribution in [0.5, 0.6) is 5.75 Å². The highest BCUT2D eigenvalue weighted by atomic mass is 16.5. The standard InChI is InChI=1S/C16H22N2O/c1-10-6-7-12(19-5)15-14(10)11(2)8-13(18-15)16(3,4)9-17/h6-8H,9,17H2,1-5H3. The summed E-state index contributed by atoms with van der Waals surface area (Å²) in [4.78, 5) is 4.81. The molecule has 2 aromatic rings. The van der Waals surface area contributed by atoms with Crippen LogP contribution in [0.25, 0.3) is 10.9 Å². The van der Waals surface area contributed by atoms with Gasteiger partial charge in [0.15, 0.2) is 0 Å². The van der Waals surface area contributed by atoms with Gasteiger partial charge in [0.2, 0.25) is 0 Å². The number of ether oxygens (including phenoxy) is 1. The Hall–Kier alpha value is -1.61. The Kier molecular flexibility index (Phi) is 3.50. The van der Waals surface area contributed by atoms with Gasteiger partial charge in [-0.05, 0) is 37.1 Å². The minimum absolute atomic E-state index is 0.131. The molecule has 1 heterocycles. The zero-order valence-electron chi connectivity index (χ0n) is 12.4. The lowest BCUT2D eigenvalue weighted by molar-refractivity contribution is 0.418. The quantitative estimate of drug-likeness (QED) is 0.920. The molecular formula is C16H22N2O. The highest BCUT2D eigenvalue weighted by molar-refractivity contribution is 5.90. The van der Waals surface area contributed by atoms with Gasteiger partial charge in [-0.1, -0.05) is 19.9 Å². The van der Waals surface area contributed by atoms with Crippen LogP contribution in [0.2, 0.25) is 0 Å². The van der Waals surface area contributed by atoms with Gasteiger partial charge < -0.3 is 10.5 Å². The van der Waals surface area contributed by atoms with E-state index in [1.807, 2.05) is 6.07 Å². The van der Waals surface area contributed by atoms with Crippen molar-refractivity contribution in [1.29, 1.82) is 0 Å². The summed E-state index contributed by atoms with van der Waals surface area (Å²) in [6.07, 6.45) is 0. The molecule has 0 fully saturated rings. The van der Waals surface area contributed by atoms with Crippen molar-refractivity contribution >= 4 is 10.9 Å². The molecule has 1 aromatic carbocycles. The molecule has 0 unspecified atom stereocenters. The molecule has 0 saturated heterocycles. The molecule has 0 bridgehead atoms. The van der Waals surface area contributed by atoms with Crippen LogP contribution < -0.4 is 10.5 Å². The van der Waals surface area contributed by atoms with Crippen LogP contribution in [0.3, 0.4) is 0 Å². The topological polar surface area (TPSA) is 48.1 Å². The molecule has 0 amide bonds. The van der Waals surface area contributed by atoms with Crippen molar-refractivity contribution in [3.05, 3.63) is 35.0 Å². The molecular weight excluding hydrogens is 236 g/mol. The fraction of sp³-hybridized carbons (Fsp3) is 0.438. The van der Waals surface area contributed by atoms with Crippen LogP contribution in [-0.4, -0.2) is 18.6 Å². The molecule has 3 heteroatoms. The van der Waals surface area contributed by atoms with Gasteiger partial charge in [0.05, 0.1) is 7.11 Å². The molecule has 1 aromatic heterocycles. The molecule has 0 aliphatic heterocycles. The summed E-state index contributed by atoms with van der Waals surface area (Å²) in [6.45, 7) is 9.02. The molecule has 0 aliphatic rings. The molecule has 0 radical (unpaired) electrons. The molecule has 0 spiro atoms. The minimum Gasteiger partial charge on any atom is -0.494 e. The molecule has 0 saturated carbocycles. The summed E-state index contributed by atoms with van der Waals surface area (Å²) in [6, 6.07) is 6.19. The van der Waals surface area contributed by atoms with E-state index in [9.17, 15) is 0 Å². The van der Waals surface area contributed by atoms with Crippen molar-refractivity contribution in [2.45, 2.75) is 33.1 Å². The molecule has 102 valence electrons. The summed E-state index contributed by atoms with van der Waals surface area (Å²) < 4.78 is 5.45. The van der Waals surface area contributed by atoms with Crippen LogP contribution in [0, 0.1) is 13.8 Å². The van der Waals surface area contributed by atoms with Crippen molar-refractivity contribution in [2.75, 3.05) is 13.7 Å². The normalized spacial score (nSPS) is 11.9. The van der Waals surface area contributed by atoms with Gasteiger partial charge in [0, 0.05) is 23.0 Å². The number of hydrogen-bond acceptors (Lipinski definition) is 3.